The molecule has 6 nitrogen and oxygen atoms in total. The van der Waals surface area contributed by atoms with Crippen molar-refractivity contribution in [3.8, 4) is 0 Å². The lowest BCUT2D eigenvalue weighted by atomic mass is 10.3. The molecule has 1 rings (SSSR count). The van der Waals surface area contributed by atoms with E-state index in [0.29, 0.717) is 6.54 Å². The van der Waals surface area contributed by atoms with Crippen molar-refractivity contribution < 1.29 is 13.2 Å². The van der Waals surface area contributed by atoms with Gasteiger partial charge in [0.25, 0.3) is 0 Å². The number of aromatic nitrogens is 1. The van der Waals surface area contributed by atoms with E-state index in [4.69, 9.17) is 0 Å². The molecule has 0 unspecified atom stereocenters. The Morgan fingerprint density at radius 3 is 2.80 bits per heavy atom. The number of pyridine rings is 1. The van der Waals surface area contributed by atoms with Gasteiger partial charge in [-0.3, -0.25) is 9.78 Å². The number of hydrogen-bond donors (Lipinski definition) is 2. The summed E-state index contributed by atoms with van der Waals surface area (Å²) in [5.74, 6) is -0.319. The molecular weight excluding hydrogens is 278 g/mol. The predicted molar refractivity (Wildman–Crippen MR) is 77.9 cm³/mol. The van der Waals surface area contributed by atoms with Crippen molar-refractivity contribution in [3.05, 3.63) is 30.1 Å². The van der Waals surface area contributed by atoms with E-state index in [-0.39, 0.29) is 18.1 Å². The fourth-order valence-electron chi connectivity index (χ4n) is 1.54. The van der Waals surface area contributed by atoms with Crippen LogP contribution in [0.3, 0.4) is 0 Å². The van der Waals surface area contributed by atoms with E-state index in [1.165, 1.54) is 0 Å². The van der Waals surface area contributed by atoms with Crippen molar-refractivity contribution in [2.24, 2.45) is 0 Å². The summed E-state index contributed by atoms with van der Waals surface area (Å²) >= 11 is 0. The highest BCUT2D eigenvalue weighted by molar-refractivity contribution is 7.90. The van der Waals surface area contributed by atoms with Crippen molar-refractivity contribution in [3.63, 3.8) is 0 Å². The van der Waals surface area contributed by atoms with Crippen molar-refractivity contribution >= 4 is 15.7 Å². The van der Waals surface area contributed by atoms with Gasteiger partial charge in [-0.1, -0.05) is 6.07 Å². The molecule has 0 radical (unpaired) electrons. The van der Waals surface area contributed by atoms with Crippen LogP contribution < -0.4 is 10.6 Å². The normalized spacial score (nSPS) is 11.2. The average molecular weight is 299 g/mol. The molecule has 7 heteroatoms. The molecule has 0 aromatic carbocycles. The van der Waals surface area contributed by atoms with Crippen LogP contribution in [0.4, 0.5) is 0 Å². The standard InChI is InChI=1S/C13H21N3O3S/c1-20(18,19)9-5-13(17)16-8-3-7-15-11-12-4-2-6-14-10-12/h2,4,6,10,15H,3,5,7-9,11H2,1H3,(H,16,17). The third kappa shape index (κ3) is 8.60. The molecule has 1 heterocycles. The first-order valence-corrected chi connectivity index (χ1v) is 8.57. The number of rotatable bonds is 9. The Balaban J connectivity index is 2.01. The van der Waals surface area contributed by atoms with Gasteiger partial charge in [0.1, 0.15) is 9.84 Å². The fraction of sp³-hybridized carbons (Fsp3) is 0.538. The number of amides is 1. The second kappa shape index (κ2) is 8.65. The Hall–Kier alpha value is -1.47. The number of carbonyl (C=O) groups is 1. The van der Waals surface area contributed by atoms with Crippen LogP contribution in [0.25, 0.3) is 0 Å². The molecule has 0 fully saturated rings. The van der Waals surface area contributed by atoms with Gasteiger partial charge in [-0.05, 0) is 24.6 Å². The molecule has 2 N–H and O–H groups in total. The summed E-state index contributed by atoms with van der Waals surface area (Å²) in [6.45, 7) is 2.07. The van der Waals surface area contributed by atoms with Crippen molar-refractivity contribution in [2.75, 3.05) is 25.1 Å². The lowest BCUT2D eigenvalue weighted by molar-refractivity contribution is -0.120. The first-order chi connectivity index (χ1) is 9.47. The maximum absolute atomic E-state index is 11.3. The lowest BCUT2D eigenvalue weighted by Gasteiger charge is -2.06. The summed E-state index contributed by atoms with van der Waals surface area (Å²) in [7, 11) is -3.07. The first-order valence-electron chi connectivity index (χ1n) is 6.51. The molecule has 0 saturated heterocycles. The Kier molecular flexibility index (Phi) is 7.17. The molecule has 0 aliphatic heterocycles. The van der Waals surface area contributed by atoms with E-state index in [9.17, 15) is 13.2 Å². The number of carbonyl (C=O) groups excluding carboxylic acids is 1. The maximum atomic E-state index is 11.3. The van der Waals surface area contributed by atoms with Gasteiger partial charge in [-0.15, -0.1) is 0 Å². The molecular formula is C13H21N3O3S. The molecule has 1 aromatic rings. The molecule has 112 valence electrons. The largest absolute Gasteiger partial charge is 0.356 e. The Morgan fingerprint density at radius 1 is 1.35 bits per heavy atom. The number of nitrogens with zero attached hydrogens (tertiary/aromatic N) is 1. The average Bonchev–Trinajstić information content (AvgIpc) is 2.41. The number of hydrogen-bond acceptors (Lipinski definition) is 5. The van der Waals surface area contributed by atoms with Crippen molar-refractivity contribution in [1.82, 2.24) is 15.6 Å². The zero-order valence-electron chi connectivity index (χ0n) is 11.6. The molecule has 0 atom stereocenters. The molecule has 20 heavy (non-hydrogen) atoms. The Morgan fingerprint density at radius 2 is 2.15 bits per heavy atom. The number of nitrogens with one attached hydrogen (secondary N) is 2. The van der Waals surface area contributed by atoms with Crippen molar-refractivity contribution in [1.29, 1.82) is 0 Å². The maximum Gasteiger partial charge on any atom is 0.221 e. The second-order valence-corrected chi connectivity index (χ2v) is 6.88. The van der Waals surface area contributed by atoms with Gasteiger partial charge in [0.2, 0.25) is 5.91 Å². The van der Waals surface area contributed by atoms with Crippen LogP contribution in [0.2, 0.25) is 0 Å². The van der Waals surface area contributed by atoms with E-state index >= 15 is 0 Å². The van der Waals surface area contributed by atoms with Crippen LogP contribution in [0.15, 0.2) is 24.5 Å². The molecule has 1 amide bonds. The van der Waals surface area contributed by atoms with E-state index in [1.54, 1.807) is 12.4 Å². The minimum absolute atomic E-state index is 0.0297. The molecule has 1 aromatic heterocycles. The van der Waals surface area contributed by atoms with Crippen LogP contribution in [-0.2, 0) is 21.2 Å². The van der Waals surface area contributed by atoms with E-state index in [1.807, 2.05) is 12.1 Å². The monoisotopic (exact) mass is 299 g/mol. The quantitative estimate of drug-likeness (QED) is 0.632. The molecule has 0 saturated carbocycles. The summed E-state index contributed by atoms with van der Waals surface area (Å²) in [4.78, 5) is 15.4. The van der Waals surface area contributed by atoms with Gasteiger partial charge < -0.3 is 10.6 Å². The van der Waals surface area contributed by atoms with E-state index < -0.39 is 9.84 Å². The third-order valence-electron chi connectivity index (χ3n) is 2.60. The van der Waals surface area contributed by atoms with Crippen LogP contribution in [0.1, 0.15) is 18.4 Å². The highest BCUT2D eigenvalue weighted by atomic mass is 32.2. The van der Waals surface area contributed by atoms with Crippen LogP contribution in [-0.4, -0.2) is 44.4 Å². The van der Waals surface area contributed by atoms with Gasteiger partial charge in [-0.2, -0.15) is 0 Å². The van der Waals surface area contributed by atoms with Gasteiger partial charge in [0.15, 0.2) is 0 Å². The minimum Gasteiger partial charge on any atom is -0.356 e. The van der Waals surface area contributed by atoms with Crippen LogP contribution in [0, 0.1) is 0 Å². The van der Waals surface area contributed by atoms with Crippen LogP contribution >= 0.6 is 0 Å². The Labute approximate surface area is 119 Å². The van der Waals surface area contributed by atoms with Gasteiger partial charge in [0, 0.05) is 38.2 Å². The third-order valence-corrected chi connectivity index (χ3v) is 3.55. The Bertz CT molecular complexity index is 503. The van der Waals surface area contributed by atoms with Gasteiger partial charge >= 0.3 is 0 Å². The highest BCUT2D eigenvalue weighted by Gasteiger charge is 2.06. The lowest BCUT2D eigenvalue weighted by Crippen LogP contribution is -2.28. The minimum atomic E-state index is -3.07. The van der Waals surface area contributed by atoms with Crippen molar-refractivity contribution in [2.45, 2.75) is 19.4 Å². The first kappa shape index (κ1) is 16.6. The summed E-state index contributed by atoms with van der Waals surface area (Å²) in [5.41, 5.74) is 1.12. The van der Waals surface area contributed by atoms with Gasteiger partial charge in [0.05, 0.1) is 5.75 Å². The zero-order valence-corrected chi connectivity index (χ0v) is 12.4. The highest BCUT2D eigenvalue weighted by Crippen LogP contribution is 1.94. The molecule has 0 bridgehead atoms. The summed E-state index contributed by atoms with van der Waals surface area (Å²) in [6.07, 6.45) is 5.49. The second-order valence-electron chi connectivity index (χ2n) is 4.62. The van der Waals surface area contributed by atoms with E-state index in [0.717, 1.165) is 31.3 Å². The molecule has 0 aliphatic rings. The molecule has 0 aliphatic carbocycles. The zero-order chi connectivity index (χ0) is 14.8. The summed E-state index contributed by atoms with van der Waals surface area (Å²) < 4.78 is 21.8. The molecule has 0 spiro atoms. The van der Waals surface area contributed by atoms with Crippen LogP contribution in [0.5, 0.6) is 0 Å². The SMILES string of the molecule is CS(=O)(=O)CCC(=O)NCCCNCc1cccnc1. The summed E-state index contributed by atoms with van der Waals surface area (Å²) in [5, 5.41) is 5.94. The topological polar surface area (TPSA) is 88.2 Å². The van der Waals surface area contributed by atoms with E-state index in [2.05, 4.69) is 15.6 Å². The predicted octanol–water partition coefficient (Wildman–Crippen LogP) is 0.112. The van der Waals surface area contributed by atoms with Gasteiger partial charge in [-0.25, -0.2) is 8.42 Å². The summed E-state index contributed by atoms with van der Waals surface area (Å²) in [6, 6.07) is 3.88. The number of sulfone groups is 1. The smallest absolute Gasteiger partial charge is 0.221 e. The fourth-order valence-corrected chi connectivity index (χ4v) is 2.10.